The molecule has 1 atom stereocenters. The normalized spacial score (nSPS) is 16.6. The van der Waals surface area contributed by atoms with Gasteiger partial charge in [-0.15, -0.1) is 0 Å². The maximum atomic E-state index is 12.3. The molecule has 0 bridgehead atoms. The molecule has 1 aliphatic heterocycles. The van der Waals surface area contributed by atoms with E-state index < -0.39 is 0 Å². The van der Waals surface area contributed by atoms with Crippen LogP contribution in [0.5, 0.6) is 5.75 Å². The molecule has 128 valence electrons. The standard InChI is InChI=1S/C16H20ClN5O2/c1-10(2)24-15-12(17)4-3-5-13(15)21-16(23)20-11-6-7-14-18-9-19-22(14)8-11/h3-5,9-11H,6-8H2,1-2H3,(H2,20,21,23)/t11-/m0/s1. The lowest BCUT2D eigenvalue weighted by atomic mass is 10.1. The summed E-state index contributed by atoms with van der Waals surface area (Å²) in [6.45, 7) is 4.43. The van der Waals surface area contributed by atoms with Crippen molar-refractivity contribution in [3.63, 3.8) is 0 Å². The average molecular weight is 350 g/mol. The Kier molecular flexibility index (Phi) is 4.89. The fourth-order valence-electron chi connectivity index (χ4n) is 2.66. The first-order chi connectivity index (χ1) is 11.5. The fourth-order valence-corrected chi connectivity index (χ4v) is 2.88. The number of amides is 2. The molecule has 0 unspecified atom stereocenters. The molecule has 0 radical (unpaired) electrons. The lowest BCUT2D eigenvalue weighted by Gasteiger charge is -2.24. The van der Waals surface area contributed by atoms with Gasteiger partial charge >= 0.3 is 6.03 Å². The van der Waals surface area contributed by atoms with Crippen LogP contribution in [0.25, 0.3) is 0 Å². The summed E-state index contributed by atoms with van der Waals surface area (Å²) in [5.41, 5.74) is 0.547. The molecule has 0 saturated heterocycles. The van der Waals surface area contributed by atoms with Gasteiger partial charge in [0.25, 0.3) is 0 Å². The number of halogens is 1. The largest absolute Gasteiger partial charge is 0.487 e. The van der Waals surface area contributed by atoms with E-state index in [1.54, 1.807) is 24.5 Å². The van der Waals surface area contributed by atoms with Crippen LogP contribution in [0.1, 0.15) is 26.1 Å². The van der Waals surface area contributed by atoms with Gasteiger partial charge in [-0.05, 0) is 32.4 Å². The van der Waals surface area contributed by atoms with E-state index in [1.165, 1.54) is 0 Å². The van der Waals surface area contributed by atoms with Crippen molar-refractivity contribution in [3.05, 3.63) is 35.4 Å². The monoisotopic (exact) mass is 349 g/mol. The number of urea groups is 1. The highest BCUT2D eigenvalue weighted by Crippen LogP contribution is 2.33. The number of nitrogens with one attached hydrogen (secondary N) is 2. The summed E-state index contributed by atoms with van der Waals surface area (Å²) >= 11 is 6.18. The fraction of sp³-hybridized carbons (Fsp3) is 0.438. The predicted octanol–water partition coefficient (Wildman–Crippen LogP) is 2.86. The smallest absolute Gasteiger partial charge is 0.319 e. The molecule has 0 saturated carbocycles. The minimum absolute atomic E-state index is 0.00727. The Labute approximate surface area is 145 Å². The van der Waals surface area contributed by atoms with Gasteiger partial charge in [0, 0.05) is 6.42 Å². The molecular formula is C16H20ClN5O2. The number of fused-ring (bicyclic) bond motifs is 1. The van der Waals surface area contributed by atoms with Crippen molar-refractivity contribution in [1.29, 1.82) is 0 Å². The number of carbonyl (C=O) groups is 1. The lowest BCUT2D eigenvalue weighted by molar-refractivity contribution is 0.239. The van der Waals surface area contributed by atoms with Crippen LogP contribution in [-0.2, 0) is 13.0 Å². The summed E-state index contributed by atoms with van der Waals surface area (Å²) in [5.74, 6) is 1.43. The maximum Gasteiger partial charge on any atom is 0.319 e. The Morgan fingerprint density at radius 3 is 3.08 bits per heavy atom. The van der Waals surface area contributed by atoms with Gasteiger partial charge in [0.15, 0.2) is 5.75 Å². The van der Waals surface area contributed by atoms with Crippen LogP contribution >= 0.6 is 11.6 Å². The zero-order chi connectivity index (χ0) is 17.1. The molecule has 8 heteroatoms. The highest BCUT2D eigenvalue weighted by Gasteiger charge is 2.22. The molecule has 2 amide bonds. The number of nitrogens with zero attached hydrogens (tertiary/aromatic N) is 3. The van der Waals surface area contributed by atoms with Crippen molar-refractivity contribution in [2.24, 2.45) is 0 Å². The Morgan fingerprint density at radius 1 is 1.46 bits per heavy atom. The van der Waals surface area contributed by atoms with Gasteiger partial charge in [-0.25, -0.2) is 14.5 Å². The van der Waals surface area contributed by atoms with Crippen LogP contribution in [0, 0.1) is 0 Å². The summed E-state index contributed by atoms with van der Waals surface area (Å²) in [5, 5.41) is 10.4. The molecule has 1 aromatic heterocycles. The number of benzene rings is 1. The molecular weight excluding hydrogens is 330 g/mol. The number of hydrogen-bond donors (Lipinski definition) is 2. The second kappa shape index (κ2) is 7.09. The van der Waals surface area contributed by atoms with Crippen molar-refractivity contribution in [2.75, 3.05) is 5.32 Å². The van der Waals surface area contributed by atoms with E-state index in [2.05, 4.69) is 20.7 Å². The molecule has 0 fully saturated rings. The first-order valence-electron chi connectivity index (χ1n) is 7.92. The van der Waals surface area contributed by atoms with Crippen LogP contribution in [0.4, 0.5) is 10.5 Å². The van der Waals surface area contributed by atoms with E-state index in [1.807, 2.05) is 18.5 Å². The number of anilines is 1. The maximum absolute atomic E-state index is 12.3. The third kappa shape index (κ3) is 3.79. The van der Waals surface area contributed by atoms with E-state index in [9.17, 15) is 4.79 Å². The Balaban J connectivity index is 1.64. The predicted molar refractivity (Wildman–Crippen MR) is 91.5 cm³/mol. The van der Waals surface area contributed by atoms with Crippen molar-refractivity contribution >= 4 is 23.3 Å². The number of aromatic nitrogens is 3. The number of para-hydroxylation sites is 1. The first-order valence-corrected chi connectivity index (χ1v) is 8.30. The van der Waals surface area contributed by atoms with E-state index in [-0.39, 0.29) is 18.2 Å². The topological polar surface area (TPSA) is 81.1 Å². The van der Waals surface area contributed by atoms with Crippen molar-refractivity contribution in [1.82, 2.24) is 20.1 Å². The van der Waals surface area contributed by atoms with Crippen molar-refractivity contribution < 1.29 is 9.53 Å². The third-order valence-corrected chi connectivity index (χ3v) is 4.01. The number of rotatable bonds is 4. The van der Waals surface area contributed by atoms with Crippen LogP contribution < -0.4 is 15.4 Å². The Bertz CT molecular complexity index is 731. The molecule has 1 aromatic carbocycles. The van der Waals surface area contributed by atoms with Gasteiger partial charge in [0.2, 0.25) is 0 Å². The van der Waals surface area contributed by atoms with Crippen molar-refractivity contribution in [3.8, 4) is 5.75 Å². The zero-order valence-corrected chi connectivity index (χ0v) is 14.4. The Hall–Kier alpha value is -2.28. The van der Waals surface area contributed by atoms with Crippen LogP contribution in [0.15, 0.2) is 24.5 Å². The minimum atomic E-state index is -0.292. The molecule has 3 rings (SSSR count). The van der Waals surface area contributed by atoms with E-state index in [0.717, 1.165) is 18.7 Å². The quantitative estimate of drug-likeness (QED) is 0.889. The van der Waals surface area contributed by atoms with Crippen LogP contribution in [0.2, 0.25) is 5.02 Å². The van der Waals surface area contributed by atoms with Gasteiger partial charge in [-0.1, -0.05) is 17.7 Å². The third-order valence-electron chi connectivity index (χ3n) is 3.71. The SMILES string of the molecule is CC(C)Oc1c(Cl)cccc1NC(=O)N[C@H]1CCc2ncnn2C1. The summed E-state index contributed by atoms with van der Waals surface area (Å²) in [6.07, 6.45) is 3.12. The summed E-state index contributed by atoms with van der Waals surface area (Å²) in [4.78, 5) is 16.5. The van der Waals surface area contributed by atoms with Crippen LogP contribution in [-0.4, -0.2) is 32.9 Å². The molecule has 2 aromatic rings. The first kappa shape index (κ1) is 16.6. The molecule has 7 nitrogen and oxygen atoms in total. The lowest BCUT2D eigenvalue weighted by Crippen LogP contribution is -2.43. The van der Waals surface area contributed by atoms with Gasteiger partial charge < -0.3 is 15.4 Å². The molecule has 24 heavy (non-hydrogen) atoms. The second-order valence-corrected chi connectivity index (χ2v) is 6.38. The highest BCUT2D eigenvalue weighted by atomic mass is 35.5. The van der Waals surface area contributed by atoms with Gasteiger partial charge in [0.05, 0.1) is 29.4 Å². The van der Waals surface area contributed by atoms with Crippen LogP contribution in [0.3, 0.4) is 0 Å². The van der Waals surface area contributed by atoms with Gasteiger partial charge in [0.1, 0.15) is 12.2 Å². The molecule has 0 aliphatic carbocycles. The van der Waals surface area contributed by atoms with Crippen molar-refractivity contribution in [2.45, 2.75) is 45.4 Å². The van der Waals surface area contributed by atoms with E-state index in [4.69, 9.17) is 16.3 Å². The minimum Gasteiger partial charge on any atom is -0.487 e. The Morgan fingerprint density at radius 2 is 2.29 bits per heavy atom. The van der Waals surface area contributed by atoms with Gasteiger partial charge in [-0.2, -0.15) is 5.10 Å². The number of aryl methyl sites for hydroxylation is 1. The number of ether oxygens (including phenoxy) is 1. The number of carbonyl (C=O) groups excluding carboxylic acids is 1. The molecule has 0 spiro atoms. The van der Waals surface area contributed by atoms with E-state index >= 15 is 0 Å². The number of hydrogen-bond acceptors (Lipinski definition) is 4. The average Bonchev–Trinajstić information content (AvgIpc) is 2.98. The summed E-state index contributed by atoms with van der Waals surface area (Å²) in [7, 11) is 0. The summed E-state index contributed by atoms with van der Waals surface area (Å²) < 4.78 is 7.53. The van der Waals surface area contributed by atoms with E-state index in [0.29, 0.717) is 23.0 Å². The van der Waals surface area contributed by atoms with Gasteiger partial charge in [-0.3, -0.25) is 0 Å². The molecule has 2 heterocycles. The summed E-state index contributed by atoms with van der Waals surface area (Å²) in [6, 6.07) is 4.98. The second-order valence-electron chi connectivity index (χ2n) is 5.98. The molecule has 2 N–H and O–H groups in total. The zero-order valence-electron chi connectivity index (χ0n) is 13.6. The highest BCUT2D eigenvalue weighted by molar-refractivity contribution is 6.32. The molecule has 1 aliphatic rings.